The first kappa shape index (κ1) is 17.7. The predicted octanol–water partition coefficient (Wildman–Crippen LogP) is 2.93. The third-order valence-corrected chi connectivity index (χ3v) is 3.16. The molecule has 0 spiro atoms. The molecule has 0 unspecified atom stereocenters. The number of ether oxygens (including phenoxy) is 2. The van der Waals surface area contributed by atoms with Gasteiger partial charge < -0.3 is 13.9 Å². The van der Waals surface area contributed by atoms with Gasteiger partial charge in [0.1, 0.15) is 18.9 Å². The van der Waals surface area contributed by atoms with Gasteiger partial charge in [-0.1, -0.05) is 17.7 Å². The molecule has 2 rings (SSSR count). The number of aryl methyl sites for hydroxylation is 1. The average molecular weight is 330 g/mol. The van der Waals surface area contributed by atoms with Crippen molar-refractivity contribution in [2.45, 2.75) is 20.4 Å². The topological polar surface area (TPSA) is 73.1 Å². The van der Waals surface area contributed by atoms with Crippen LogP contribution >= 0.6 is 0 Å². The van der Waals surface area contributed by atoms with Crippen LogP contribution in [0.5, 0.6) is 0 Å². The maximum atomic E-state index is 12.3. The summed E-state index contributed by atoms with van der Waals surface area (Å²) in [7, 11) is 0. The van der Waals surface area contributed by atoms with Crippen LogP contribution in [-0.4, -0.2) is 31.7 Å². The van der Waals surface area contributed by atoms with E-state index < -0.39 is 0 Å². The first-order valence-corrected chi connectivity index (χ1v) is 7.84. The molecule has 6 heteroatoms. The number of amides is 1. The number of aliphatic imine (C=N–C) groups is 1. The fraction of sp³-hybridized carbons (Fsp3) is 0.333. The summed E-state index contributed by atoms with van der Waals surface area (Å²) in [6.45, 7) is 5.50. The van der Waals surface area contributed by atoms with Crippen molar-refractivity contribution in [3.05, 3.63) is 59.5 Å². The highest BCUT2D eigenvalue weighted by atomic mass is 16.5. The van der Waals surface area contributed by atoms with Crippen LogP contribution in [0.15, 0.2) is 52.1 Å². The van der Waals surface area contributed by atoms with E-state index in [0.717, 1.165) is 5.56 Å². The summed E-state index contributed by atoms with van der Waals surface area (Å²) < 4.78 is 16.0. The van der Waals surface area contributed by atoms with Crippen LogP contribution in [0.2, 0.25) is 0 Å². The summed E-state index contributed by atoms with van der Waals surface area (Å²) in [5.41, 5.74) is 1.63. The molecule has 1 amide bonds. The lowest BCUT2D eigenvalue weighted by atomic mass is 10.1. The minimum Gasteiger partial charge on any atom is -0.467 e. The normalized spacial score (nSPS) is 11.3. The van der Waals surface area contributed by atoms with Crippen molar-refractivity contribution in [1.82, 2.24) is 5.32 Å². The third kappa shape index (κ3) is 5.89. The zero-order valence-electron chi connectivity index (χ0n) is 14.0. The molecule has 0 aliphatic carbocycles. The van der Waals surface area contributed by atoms with Gasteiger partial charge in [0.05, 0.1) is 12.9 Å². The van der Waals surface area contributed by atoms with E-state index in [0.29, 0.717) is 31.1 Å². The molecular formula is C18H22N2O4. The number of hydrogen-bond donors (Lipinski definition) is 1. The average Bonchev–Trinajstić information content (AvgIpc) is 3.10. The zero-order chi connectivity index (χ0) is 17.2. The number of nitrogens with one attached hydrogen (secondary N) is 1. The van der Waals surface area contributed by atoms with E-state index in [1.54, 1.807) is 24.5 Å². The number of furan rings is 1. The number of nitrogens with zero attached hydrogens (tertiary/aromatic N) is 1. The molecule has 1 aromatic carbocycles. The third-order valence-electron chi connectivity index (χ3n) is 3.16. The molecule has 1 aromatic heterocycles. The van der Waals surface area contributed by atoms with Crippen molar-refractivity contribution in [2.75, 3.05) is 19.8 Å². The minimum absolute atomic E-state index is 0.150. The number of carbonyl (C=O) groups is 1. The van der Waals surface area contributed by atoms with Gasteiger partial charge in [0.15, 0.2) is 0 Å². The second-order valence-corrected chi connectivity index (χ2v) is 5.07. The SMILES string of the molecule is CCOCCOC(=NCc1ccco1)NC(=O)c1ccc(C)cc1. The van der Waals surface area contributed by atoms with E-state index in [2.05, 4.69) is 10.3 Å². The molecule has 0 saturated carbocycles. The van der Waals surface area contributed by atoms with Crippen LogP contribution < -0.4 is 5.32 Å². The largest absolute Gasteiger partial charge is 0.467 e. The summed E-state index contributed by atoms with van der Waals surface area (Å²) in [6, 6.07) is 11.0. The summed E-state index contributed by atoms with van der Waals surface area (Å²) in [5.74, 6) is 0.412. The second-order valence-electron chi connectivity index (χ2n) is 5.07. The molecule has 0 fully saturated rings. The second kappa shape index (κ2) is 9.52. The van der Waals surface area contributed by atoms with Gasteiger partial charge in [-0.05, 0) is 38.1 Å². The van der Waals surface area contributed by atoms with Crippen LogP contribution in [0.1, 0.15) is 28.6 Å². The molecule has 128 valence electrons. The predicted molar refractivity (Wildman–Crippen MR) is 90.9 cm³/mol. The molecule has 24 heavy (non-hydrogen) atoms. The van der Waals surface area contributed by atoms with Crippen LogP contribution in [0, 0.1) is 6.92 Å². The highest BCUT2D eigenvalue weighted by Crippen LogP contribution is 2.04. The van der Waals surface area contributed by atoms with Gasteiger partial charge in [-0.15, -0.1) is 0 Å². The van der Waals surface area contributed by atoms with Crippen LogP contribution in [-0.2, 0) is 16.0 Å². The quantitative estimate of drug-likeness (QED) is 0.481. The number of hydrogen-bond acceptors (Lipinski definition) is 5. The van der Waals surface area contributed by atoms with E-state index in [4.69, 9.17) is 13.9 Å². The lowest BCUT2D eigenvalue weighted by Crippen LogP contribution is -2.33. The Balaban J connectivity index is 1.99. The highest BCUT2D eigenvalue weighted by molar-refractivity contribution is 6.04. The maximum absolute atomic E-state index is 12.3. The monoisotopic (exact) mass is 330 g/mol. The number of rotatable bonds is 7. The smallest absolute Gasteiger partial charge is 0.292 e. The van der Waals surface area contributed by atoms with Gasteiger partial charge in [0, 0.05) is 12.2 Å². The van der Waals surface area contributed by atoms with Gasteiger partial charge in [-0.3, -0.25) is 10.1 Å². The summed E-state index contributed by atoms with van der Waals surface area (Å²) in [6.07, 6.45) is 1.57. The lowest BCUT2D eigenvalue weighted by molar-refractivity contribution is 0.0921. The lowest BCUT2D eigenvalue weighted by Gasteiger charge is -2.11. The Morgan fingerprint density at radius 1 is 1.21 bits per heavy atom. The van der Waals surface area contributed by atoms with Crippen molar-refractivity contribution < 1.29 is 18.7 Å². The maximum Gasteiger partial charge on any atom is 0.292 e. The highest BCUT2D eigenvalue weighted by Gasteiger charge is 2.10. The zero-order valence-corrected chi connectivity index (χ0v) is 14.0. The van der Waals surface area contributed by atoms with Gasteiger partial charge in [-0.2, -0.15) is 0 Å². The molecule has 0 saturated heterocycles. The Kier molecular flexibility index (Phi) is 7.04. The molecule has 0 aliphatic heterocycles. The molecule has 6 nitrogen and oxygen atoms in total. The van der Waals surface area contributed by atoms with Crippen LogP contribution in [0.3, 0.4) is 0 Å². The van der Waals surface area contributed by atoms with Crippen LogP contribution in [0.4, 0.5) is 0 Å². The van der Waals surface area contributed by atoms with Crippen molar-refractivity contribution in [3.63, 3.8) is 0 Å². The van der Waals surface area contributed by atoms with Gasteiger partial charge in [0.2, 0.25) is 0 Å². The number of amidine groups is 1. The fourth-order valence-electron chi connectivity index (χ4n) is 1.89. The van der Waals surface area contributed by atoms with Crippen molar-refractivity contribution in [3.8, 4) is 0 Å². The van der Waals surface area contributed by atoms with Crippen LogP contribution in [0.25, 0.3) is 0 Å². The first-order valence-electron chi connectivity index (χ1n) is 7.84. The van der Waals surface area contributed by atoms with Crippen molar-refractivity contribution in [1.29, 1.82) is 0 Å². The van der Waals surface area contributed by atoms with E-state index in [9.17, 15) is 4.79 Å². The van der Waals surface area contributed by atoms with Crippen molar-refractivity contribution >= 4 is 11.9 Å². The molecule has 1 heterocycles. The molecule has 0 radical (unpaired) electrons. The van der Waals surface area contributed by atoms with Gasteiger partial charge in [0.25, 0.3) is 11.9 Å². The van der Waals surface area contributed by atoms with E-state index in [-0.39, 0.29) is 18.5 Å². The van der Waals surface area contributed by atoms with Gasteiger partial charge >= 0.3 is 0 Å². The summed E-state index contributed by atoms with van der Waals surface area (Å²) in [4.78, 5) is 16.5. The number of carbonyl (C=O) groups excluding carboxylic acids is 1. The molecule has 0 bridgehead atoms. The molecular weight excluding hydrogens is 308 g/mol. The number of benzene rings is 1. The standard InChI is InChI=1S/C18H22N2O4/c1-3-22-11-12-24-18(19-13-16-5-4-10-23-16)20-17(21)15-8-6-14(2)7-9-15/h4-10H,3,11-13H2,1-2H3,(H,19,20,21). The van der Waals surface area contributed by atoms with E-state index >= 15 is 0 Å². The van der Waals surface area contributed by atoms with Crippen molar-refractivity contribution in [2.24, 2.45) is 4.99 Å². The minimum atomic E-state index is -0.274. The molecule has 0 aliphatic rings. The fourth-order valence-corrected chi connectivity index (χ4v) is 1.89. The van der Waals surface area contributed by atoms with Gasteiger partial charge in [-0.25, -0.2) is 4.99 Å². The molecule has 0 atom stereocenters. The Hall–Kier alpha value is -2.60. The molecule has 1 N–H and O–H groups in total. The first-order chi connectivity index (χ1) is 11.7. The Bertz CT molecular complexity index is 648. The summed E-state index contributed by atoms with van der Waals surface area (Å²) >= 11 is 0. The molecule has 2 aromatic rings. The van der Waals surface area contributed by atoms with E-state index in [1.807, 2.05) is 32.0 Å². The van der Waals surface area contributed by atoms with E-state index in [1.165, 1.54) is 0 Å². The Morgan fingerprint density at radius 2 is 2.00 bits per heavy atom. The Morgan fingerprint density at radius 3 is 2.67 bits per heavy atom. The Labute approximate surface area is 141 Å². The summed E-state index contributed by atoms with van der Waals surface area (Å²) in [5, 5.41) is 2.68.